The maximum atomic E-state index is 12.8. The van der Waals surface area contributed by atoms with Crippen molar-refractivity contribution in [3.05, 3.63) is 42.0 Å². The van der Waals surface area contributed by atoms with Gasteiger partial charge in [-0.3, -0.25) is 9.67 Å². The van der Waals surface area contributed by atoms with Crippen LogP contribution in [0.25, 0.3) is 0 Å². The molecule has 0 aliphatic rings. The van der Waals surface area contributed by atoms with E-state index in [1.54, 1.807) is 19.4 Å². The summed E-state index contributed by atoms with van der Waals surface area (Å²) in [6, 6.07) is 0.970. The summed E-state index contributed by atoms with van der Waals surface area (Å²) in [4.78, 5) is 3.73. The smallest absolute Gasteiger partial charge is 0.386 e. The Labute approximate surface area is 101 Å². The third kappa shape index (κ3) is 2.61. The molecule has 0 bridgehead atoms. The lowest BCUT2D eigenvalue weighted by Gasteiger charge is -2.11. The predicted octanol–water partition coefficient (Wildman–Crippen LogP) is 2.39. The van der Waals surface area contributed by atoms with Crippen LogP contribution in [0.2, 0.25) is 0 Å². The Bertz CT molecular complexity index is 533. The summed E-state index contributed by atoms with van der Waals surface area (Å²) >= 11 is 0. The number of alkyl halides is 3. The highest BCUT2D eigenvalue weighted by atomic mass is 19.4. The molecule has 2 aromatic heterocycles. The van der Waals surface area contributed by atoms with Gasteiger partial charge in [0.15, 0.2) is 0 Å². The molecular formula is C11H11F3N4. The topological polar surface area (TPSA) is 42.7 Å². The van der Waals surface area contributed by atoms with E-state index in [1.165, 1.54) is 10.9 Å². The van der Waals surface area contributed by atoms with Gasteiger partial charge >= 0.3 is 6.18 Å². The van der Waals surface area contributed by atoms with Gasteiger partial charge in [-0.1, -0.05) is 0 Å². The zero-order valence-corrected chi connectivity index (χ0v) is 9.57. The van der Waals surface area contributed by atoms with Crippen LogP contribution in [-0.4, -0.2) is 21.8 Å². The highest BCUT2D eigenvalue weighted by Gasteiger charge is 2.33. The van der Waals surface area contributed by atoms with E-state index in [-0.39, 0.29) is 12.1 Å². The summed E-state index contributed by atoms with van der Waals surface area (Å²) in [5.41, 5.74) is 0.155. The zero-order valence-electron chi connectivity index (χ0n) is 9.57. The molecule has 4 nitrogen and oxygen atoms in total. The lowest BCUT2D eigenvalue weighted by Crippen LogP contribution is -2.12. The van der Waals surface area contributed by atoms with Gasteiger partial charge in [-0.05, 0) is 6.07 Å². The largest absolute Gasteiger partial charge is 0.416 e. The number of halogens is 3. The maximum Gasteiger partial charge on any atom is 0.416 e. The highest BCUT2D eigenvalue weighted by molar-refractivity contribution is 5.37. The number of aromatic nitrogens is 3. The molecule has 2 rings (SSSR count). The first-order valence-electron chi connectivity index (χ1n) is 5.21. The molecule has 0 fully saturated rings. The molecule has 1 N–H and O–H groups in total. The predicted molar refractivity (Wildman–Crippen MR) is 60.1 cm³/mol. The Morgan fingerprint density at radius 3 is 2.72 bits per heavy atom. The summed E-state index contributed by atoms with van der Waals surface area (Å²) in [5, 5.41) is 6.82. The molecule has 2 heterocycles. The second-order valence-electron chi connectivity index (χ2n) is 3.71. The monoisotopic (exact) mass is 256 g/mol. The summed E-state index contributed by atoms with van der Waals surface area (Å²) < 4.78 is 39.7. The van der Waals surface area contributed by atoms with Gasteiger partial charge in [0.25, 0.3) is 0 Å². The van der Waals surface area contributed by atoms with Gasteiger partial charge in [0.1, 0.15) is 0 Å². The normalized spacial score (nSPS) is 11.6. The van der Waals surface area contributed by atoms with Crippen molar-refractivity contribution in [2.45, 2.75) is 12.7 Å². The number of hydrogen-bond acceptors (Lipinski definition) is 3. The van der Waals surface area contributed by atoms with E-state index < -0.39 is 11.7 Å². The Kier molecular flexibility index (Phi) is 3.22. The third-order valence-electron chi connectivity index (χ3n) is 2.46. The molecule has 0 unspecified atom stereocenters. The van der Waals surface area contributed by atoms with Crippen LogP contribution in [0, 0.1) is 0 Å². The van der Waals surface area contributed by atoms with Gasteiger partial charge in [0, 0.05) is 31.2 Å². The van der Waals surface area contributed by atoms with Crippen LogP contribution < -0.4 is 5.32 Å². The second-order valence-corrected chi connectivity index (χ2v) is 3.71. The summed E-state index contributed by atoms with van der Waals surface area (Å²) in [7, 11) is 1.71. The zero-order chi connectivity index (χ0) is 13.2. The summed E-state index contributed by atoms with van der Waals surface area (Å²) in [6.07, 6.45) is 1.14. The fourth-order valence-corrected chi connectivity index (χ4v) is 1.58. The first-order chi connectivity index (χ1) is 8.50. The first kappa shape index (κ1) is 12.4. The first-order valence-corrected chi connectivity index (χ1v) is 5.21. The lowest BCUT2D eigenvalue weighted by atomic mass is 10.1. The van der Waals surface area contributed by atoms with Gasteiger partial charge in [-0.15, -0.1) is 0 Å². The number of anilines is 1. The fourth-order valence-electron chi connectivity index (χ4n) is 1.58. The molecular weight excluding hydrogens is 245 g/mol. The van der Waals surface area contributed by atoms with Crippen molar-refractivity contribution >= 4 is 5.69 Å². The quantitative estimate of drug-likeness (QED) is 0.916. The molecule has 0 aliphatic carbocycles. The van der Waals surface area contributed by atoms with Crippen molar-refractivity contribution in [1.82, 2.24) is 14.8 Å². The number of rotatable bonds is 3. The van der Waals surface area contributed by atoms with E-state index in [1.807, 2.05) is 0 Å². The Morgan fingerprint density at radius 1 is 1.33 bits per heavy atom. The van der Waals surface area contributed by atoms with Crippen LogP contribution in [-0.2, 0) is 12.7 Å². The van der Waals surface area contributed by atoms with E-state index in [9.17, 15) is 13.2 Å². The van der Waals surface area contributed by atoms with Crippen LogP contribution in [0.1, 0.15) is 11.1 Å². The molecule has 0 atom stereocenters. The van der Waals surface area contributed by atoms with Crippen molar-refractivity contribution in [2.75, 3.05) is 12.4 Å². The molecule has 96 valence electrons. The maximum absolute atomic E-state index is 12.8. The standard InChI is InChI=1S/C11H11F3N4/c1-15-9-5-17-18(7-9)6-8-4-16-3-2-10(8)11(12,13)14/h2-5,7,15H,6H2,1H3. The van der Waals surface area contributed by atoms with E-state index in [0.29, 0.717) is 0 Å². The van der Waals surface area contributed by atoms with E-state index in [2.05, 4.69) is 15.4 Å². The fraction of sp³-hybridized carbons (Fsp3) is 0.273. The second kappa shape index (κ2) is 4.67. The van der Waals surface area contributed by atoms with Crippen LogP contribution in [0.15, 0.2) is 30.9 Å². The van der Waals surface area contributed by atoms with Gasteiger partial charge in [-0.2, -0.15) is 18.3 Å². The third-order valence-corrected chi connectivity index (χ3v) is 2.46. The molecule has 0 saturated carbocycles. The van der Waals surface area contributed by atoms with Gasteiger partial charge in [-0.25, -0.2) is 0 Å². The summed E-state index contributed by atoms with van der Waals surface area (Å²) in [5.74, 6) is 0. The van der Waals surface area contributed by atoms with Crippen LogP contribution >= 0.6 is 0 Å². The summed E-state index contributed by atoms with van der Waals surface area (Å²) in [6.45, 7) is 0.0321. The number of hydrogen-bond donors (Lipinski definition) is 1. The SMILES string of the molecule is CNc1cnn(Cc2cnccc2C(F)(F)F)c1. The molecule has 0 amide bonds. The Balaban J connectivity index is 2.29. The highest BCUT2D eigenvalue weighted by Crippen LogP contribution is 2.31. The molecule has 0 aromatic carbocycles. The van der Waals surface area contributed by atoms with Gasteiger partial charge in [0.2, 0.25) is 0 Å². The minimum atomic E-state index is -4.38. The van der Waals surface area contributed by atoms with Crippen molar-refractivity contribution in [2.24, 2.45) is 0 Å². The van der Waals surface area contributed by atoms with Crippen LogP contribution in [0.4, 0.5) is 18.9 Å². The Hall–Kier alpha value is -2.05. The van der Waals surface area contributed by atoms with E-state index >= 15 is 0 Å². The van der Waals surface area contributed by atoms with E-state index in [0.717, 1.165) is 18.0 Å². The van der Waals surface area contributed by atoms with Crippen LogP contribution in [0.3, 0.4) is 0 Å². The number of nitrogens with one attached hydrogen (secondary N) is 1. The van der Waals surface area contributed by atoms with Crippen molar-refractivity contribution in [1.29, 1.82) is 0 Å². The minimum absolute atomic E-state index is 0.0321. The Morgan fingerprint density at radius 2 is 2.11 bits per heavy atom. The van der Waals surface area contributed by atoms with Crippen molar-refractivity contribution in [3.8, 4) is 0 Å². The van der Waals surface area contributed by atoms with Crippen LogP contribution in [0.5, 0.6) is 0 Å². The number of nitrogens with zero attached hydrogens (tertiary/aromatic N) is 3. The van der Waals surface area contributed by atoms with E-state index in [4.69, 9.17) is 0 Å². The lowest BCUT2D eigenvalue weighted by molar-refractivity contribution is -0.138. The van der Waals surface area contributed by atoms with Crippen molar-refractivity contribution < 1.29 is 13.2 Å². The molecule has 0 spiro atoms. The molecule has 18 heavy (non-hydrogen) atoms. The average molecular weight is 256 g/mol. The molecule has 0 aliphatic heterocycles. The molecule has 0 radical (unpaired) electrons. The molecule has 7 heteroatoms. The molecule has 0 saturated heterocycles. The van der Waals surface area contributed by atoms with Crippen molar-refractivity contribution in [3.63, 3.8) is 0 Å². The van der Waals surface area contributed by atoms with Gasteiger partial charge < -0.3 is 5.32 Å². The average Bonchev–Trinajstić information content (AvgIpc) is 2.76. The molecule has 2 aromatic rings. The minimum Gasteiger partial charge on any atom is -0.386 e. The number of pyridine rings is 1. The van der Waals surface area contributed by atoms with Gasteiger partial charge in [0.05, 0.1) is 24.0 Å².